The second kappa shape index (κ2) is 7.54. The fourth-order valence-electron chi connectivity index (χ4n) is 2.03. The number of anilines is 1. The maximum atomic E-state index is 12.0. The molecule has 8 heteroatoms. The molecule has 1 heterocycles. The number of carbonyl (C=O) groups is 2. The van der Waals surface area contributed by atoms with Gasteiger partial charge in [-0.25, -0.2) is 9.78 Å². The fourth-order valence-corrected chi connectivity index (χ4v) is 2.83. The molecular formula is C15H16ClN3O3S. The number of amides is 1. The maximum absolute atomic E-state index is 12.0. The van der Waals surface area contributed by atoms with Crippen LogP contribution in [-0.2, 0) is 11.3 Å². The Kier molecular flexibility index (Phi) is 5.70. The van der Waals surface area contributed by atoms with Crippen LogP contribution in [0.3, 0.4) is 0 Å². The van der Waals surface area contributed by atoms with Gasteiger partial charge in [-0.2, -0.15) is 0 Å². The number of thiazole rings is 1. The number of halogens is 1. The molecule has 2 N–H and O–H groups in total. The normalized spacial score (nSPS) is 10.8. The smallest absolute Gasteiger partial charge is 0.337 e. The molecule has 0 saturated heterocycles. The zero-order chi connectivity index (χ0) is 17.0. The molecule has 122 valence electrons. The summed E-state index contributed by atoms with van der Waals surface area (Å²) >= 11 is 7.36. The largest absolute Gasteiger partial charge is 0.478 e. The molecule has 23 heavy (non-hydrogen) atoms. The third-order valence-corrected chi connectivity index (χ3v) is 4.14. The molecule has 0 aliphatic carbocycles. The number of carbonyl (C=O) groups excluding carboxylic acids is 1. The van der Waals surface area contributed by atoms with Crippen LogP contribution in [0.1, 0.15) is 21.1 Å². The Labute approximate surface area is 142 Å². The van der Waals surface area contributed by atoms with Gasteiger partial charge in [-0.3, -0.25) is 9.69 Å². The molecule has 0 saturated carbocycles. The van der Waals surface area contributed by atoms with Gasteiger partial charge in [0.1, 0.15) is 0 Å². The number of nitrogens with zero attached hydrogens (tertiary/aromatic N) is 2. The van der Waals surface area contributed by atoms with E-state index in [1.165, 1.54) is 12.1 Å². The van der Waals surface area contributed by atoms with Gasteiger partial charge in [0.2, 0.25) is 5.91 Å². The van der Waals surface area contributed by atoms with E-state index in [0.29, 0.717) is 12.2 Å². The Morgan fingerprint density at radius 2 is 2.17 bits per heavy atom. The number of hydrogen-bond acceptors (Lipinski definition) is 5. The minimum absolute atomic E-state index is 0.0456. The minimum atomic E-state index is -1.14. The topological polar surface area (TPSA) is 82.5 Å². The summed E-state index contributed by atoms with van der Waals surface area (Å²) in [5.74, 6) is -1.37. The van der Waals surface area contributed by atoms with Gasteiger partial charge in [0.25, 0.3) is 0 Å². The molecular weight excluding hydrogens is 338 g/mol. The van der Waals surface area contributed by atoms with Crippen molar-refractivity contribution in [3.63, 3.8) is 0 Å². The standard InChI is InChI=1S/C15H16ClN3O3S/c1-9-17-11(8-23-9)6-19(2)7-14(20)18-10-3-4-13(16)12(5-10)15(21)22/h3-5,8H,6-7H2,1-2H3,(H,18,20)(H,21,22). The van der Waals surface area contributed by atoms with Crippen molar-refractivity contribution in [2.75, 3.05) is 18.9 Å². The number of carboxylic acids is 1. The summed E-state index contributed by atoms with van der Waals surface area (Å²) in [5, 5.41) is 14.8. The van der Waals surface area contributed by atoms with Crippen LogP contribution in [0.2, 0.25) is 5.02 Å². The molecule has 6 nitrogen and oxygen atoms in total. The zero-order valence-electron chi connectivity index (χ0n) is 12.7. The quantitative estimate of drug-likeness (QED) is 0.834. The number of aromatic carboxylic acids is 1. The van der Waals surface area contributed by atoms with Crippen LogP contribution in [-0.4, -0.2) is 40.5 Å². The first-order chi connectivity index (χ1) is 10.8. The second-order valence-electron chi connectivity index (χ2n) is 5.08. The van der Waals surface area contributed by atoms with Crippen molar-refractivity contribution in [2.24, 2.45) is 0 Å². The lowest BCUT2D eigenvalue weighted by atomic mass is 10.2. The van der Waals surface area contributed by atoms with E-state index < -0.39 is 5.97 Å². The van der Waals surface area contributed by atoms with Crippen LogP contribution in [0, 0.1) is 6.92 Å². The Bertz CT molecular complexity index is 733. The van der Waals surface area contributed by atoms with Crippen LogP contribution >= 0.6 is 22.9 Å². The van der Waals surface area contributed by atoms with E-state index in [1.807, 2.05) is 24.3 Å². The molecule has 2 aromatic rings. The number of likely N-dealkylation sites (N-methyl/N-ethyl adjacent to an activating group) is 1. The van der Waals surface area contributed by atoms with E-state index in [9.17, 15) is 9.59 Å². The van der Waals surface area contributed by atoms with E-state index >= 15 is 0 Å². The SMILES string of the molecule is Cc1nc(CN(C)CC(=O)Nc2ccc(Cl)c(C(=O)O)c2)cs1. The van der Waals surface area contributed by atoms with Gasteiger partial charge in [-0.15, -0.1) is 11.3 Å². The first-order valence-electron chi connectivity index (χ1n) is 6.77. The number of nitrogens with one attached hydrogen (secondary N) is 1. The molecule has 1 aromatic heterocycles. The zero-order valence-corrected chi connectivity index (χ0v) is 14.2. The summed E-state index contributed by atoms with van der Waals surface area (Å²) in [7, 11) is 1.82. The second-order valence-corrected chi connectivity index (χ2v) is 6.55. The Hall–Kier alpha value is -1.96. The summed E-state index contributed by atoms with van der Waals surface area (Å²) in [6.45, 7) is 2.67. The van der Waals surface area contributed by atoms with Gasteiger partial charge in [0.05, 0.1) is 27.8 Å². The van der Waals surface area contributed by atoms with Gasteiger partial charge < -0.3 is 10.4 Å². The molecule has 0 atom stereocenters. The molecule has 0 radical (unpaired) electrons. The molecule has 1 amide bonds. The molecule has 0 spiro atoms. The van der Waals surface area contributed by atoms with E-state index in [1.54, 1.807) is 17.4 Å². The maximum Gasteiger partial charge on any atom is 0.337 e. The van der Waals surface area contributed by atoms with Crippen molar-refractivity contribution in [3.8, 4) is 0 Å². The summed E-state index contributed by atoms with van der Waals surface area (Å²) in [6, 6.07) is 4.35. The van der Waals surface area contributed by atoms with Gasteiger partial charge in [0.15, 0.2) is 0 Å². The van der Waals surface area contributed by atoms with Crippen LogP contribution in [0.15, 0.2) is 23.6 Å². The predicted octanol–water partition coefficient (Wildman–Crippen LogP) is 2.87. The van der Waals surface area contributed by atoms with E-state index in [-0.39, 0.29) is 23.0 Å². The number of rotatable bonds is 6. The van der Waals surface area contributed by atoms with Crippen molar-refractivity contribution < 1.29 is 14.7 Å². The van der Waals surface area contributed by atoms with E-state index in [0.717, 1.165) is 10.7 Å². The first-order valence-corrected chi connectivity index (χ1v) is 8.03. The molecule has 0 aliphatic rings. The summed E-state index contributed by atoms with van der Waals surface area (Å²) in [6.07, 6.45) is 0. The third kappa shape index (κ3) is 5.02. The number of aromatic nitrogens is 1. The number of hydrogen-bond donors (Lipinski definition) is 2. The predicted molar refractivity (Wildman–Crippen MR) is 90.2 cm³/mol. The van der Waals surface area contributed by atoms with Crippen molar-refractivity contribution >= 4 is 40.5 Å². The van der Waals surface area contributed by atoms with Crippen molar-refractivity contribution in [3.05, 3.63) is 44.9 Å². The Balaban J connectivity index is 1.94. The van der Waals surface area contributed by atoms with Crippen LogP contribution < -0.4 is 5.32 Å². The van der Waals surface area contributed by atoms with E-state index in [2.05, 4.69) is 10.3 Å². The lowest BCUT2D eigenvalue weighted by molar-refractivity contribution is -0.117. The summed E-state index contributed by atoms with van der Waals surface area (Å²) in [5.41, 5.74) is 1.27. The number of carboxylic acid groups (broad SMARTS) is 1. The van der Waals surface area contributed by atoms with Crippen LogP contribution in [0.4, 0.5) is 5.69 Å². The first kappa shape index (κ1) is 17.4. The van der Waals surface area contributed by atoms with E-state index in [4.69, 9.17) is 16.7 Å². The van der Waals surface area contributed by atoms with Crippen LogP contribution in [0.5, 0.6) is 0 Å². The van der Waals surface area contributed by atoms with Crippen LogP contribution in [0.25, 0.3) is 0 Å². The van der Waals surface area contributed by atoms with Crippen molar-refractivity contribution in [1.29, 1.82) is 0 Å². The minimum Gasteiger partial charge on any atom is -0.478 e. The highest BCUT2D eigenvalue weighted by Crippen LogP contribution is 2.20. The number of benzene rings is 1. The average molecular weight is 354 g/mol. The molecule has 0 aliphatic heterocycles. The average Bonchev–Trinajstić information content (AvgIpc) is 2.85. The monoisotopic (exact) mass is 353 g/mol. The Morgan fingerprint density at radius 3 is 2.78 bits per heavy atom. The van der Waals surface area contributed by atoms with Gasteiger partial charge >= 0.3 is 5.97 Å². The highest BCUT2D eigenvalue weighted by atomic mass is 35.5. The van der Waals surface area contributed by atoms with Gasteiger partial charge in [0, 0.05) is 17.6 Å². The van der Waals surface area contributed by atoms with Crippen molar-refractivity contribution in [1.82, 2.24) is 9.88 Å². The highest BCUT2D eigenvalue weighted by molar-refractivity contribution is 7.09. The molecule has 0 fully saturated rings. The molecule has 0 unspecified atom stereocenters. The van der Waals surface area contributed by atoms with Gasteiger partial charge in [-0.1, -0.05) is 11.6 Å². The fraction of sp³-hybridized carbons (Fsp3) is 0.267. The number of aryl methyl sites for hydroxylation is 1. The summed E-state index contributed by atoms with van der Waals surface area (Å²) < 4.78 is 0. The summed E-state index contributed by atoms with van der Waals surface area (Å²) in [4.78, 5) is 29.2. The van der Waals surface area contributed by atoms with Gasteiger partial charge in [-0.05, 0) is 32.2 Å². The lowest BCUT2D eigenvalue weighted by Gasteiger charge is -2.15. The lowest BCUT2D eigenvalue weighted by Crippen LogP contribution is -2.30. The van der Waals surface area contributed by atoms with Crippen molar-refractivity contribution in [2.45, 2.75) is 13.5 Å². The molecule has 2 rings (SSSR count). The molecule has 1 aromatic carbocycles. The highest BCUT2D eigenvalue weighted by Gasteiger charge is 2.12. The Morgan fingerprint density at radius 1 is 1.43 bits per heavy atom. The third-order valence-electron chi connectivity index (χ3n) is 2.99. The molecule has 0 bridgehead atoms.